The number of aromatic nitrogens is 3. The molecule has 0 radical (unpaired) electrons. The number of para-hydroxylation sites is 1. The molecule has 0 atom stereocenters. The largest absolute Gasteiger partial charge is 0.493 e. The SMILES string of the molecule is CCOc1ccccc1-c1nnc(SCc2cc3ccc(C)cc3nc2Cl)o1. The molecule has 0 fully saturated rings. The summed E-state index contributed by atoms with van der Waals surface area (Å²) < 4.78 is 11.5. The van der Waals surface area contributed by atoms with Crippen LogP contribution in [0.5, 0.6) is 5.75 Å². The Labute approximate surface area is 172 Å². The summed E-state index contributed by atoms with van der Waals surface area (Å²) in [5, 5.41) is 10.3. The highest BCUT2D eigenvalue weighted by Gasteiger charge is 2.14. The van der Waals surface area contributed by atoms with Gasteiger partial charge in [-0.05, 0) is 43.7 Å². The van der Waals surface area contributed by atoms with Crippen LogP contribution >= 0.6 is 23.4 Å². The Morgan fingerprint density at radius 1 is 1.11 bits per heavy atom. The fourth-order valence-corrected chi connectivity index (χ4v) is 3.87. The third kappa shape index (κ3) is 3.98. The number of rotatable bonds is 6. The minimum absolute atomic E-state index is 0.435. The van der Waals surface area contributed by atoms with E-state index < -0.39 is 0 Å². The number of ether oxygens (including phenoxy) is 1. The number of aryl methyl sites for hydroxylation is 1. The molecule has 4 rings (SSSR count). The summed E-state index contributed by atoms with van der Waals surface area (Å²) in [5.41, 5.74) is 3.76. The maximum atomic E-state index is 6.37. The Kier molecular flexibility index (Phi) is 5.50. The molecule has 0 saturated heterocycles. The van der Waals surface area contributed by atoms with Gasteiger partial charge in [0.1, 0.15) is 10.9 Å². The van der Waals surface area contributed by atoms with Crippen LogP contribution in [0, 0.1) is 6.92 Å². The molecule has 0 unspecified atom stereocenters. The molecule has 4 aromatic rings. The van der Waals surface area contributed by atoms with Crippen LogP contribution < -0.4 is 4.74 Å². The molecule has 142 valence electrons. The smallest absolute Gasteiger partial charge is 0.277 e. The van der Waals surface area contributed by atoms with Crippen molar-refractivity contribution in [2.24, 2.45) is 0 Å². The molecule has 2 aromatic carbocycles. The Morgan fingerprint density at radius 2 is 1.96 bits per heavy atom. The van der Waals surface area contributed by atoms with Crippen molar-refractivity contribution < 1.29 is 9.15 Å². The molecule has 0 aliphatic heterocycles. The van der Waals surface area contributed by atoms with Crippen molar-refractivity contribution in [3.05, 3.63) is 64.8 Å². The zero-order chi connectivity index (χ0) is 19.5. The van der Waals surface area contributed by atoms with Gasteiger partial charge in [-0.2, -0.15) is 0 Å². The first-order valence-corrected chi connectivity index (χ1v) is 10.2. The number of hydrogen-bond acceptors (Lipinski definition) is 6. The zero-order valence-electron chi connectivity index (χ0n) is 15.5. The molecule has 0 bridgehead atoms. The number of fused-ring (bicyclic) bond motifs is 1. The predicted molar refractivity (Wildman–Crippen MR) is 112 cm³/mol. The average molecular weight is 412 g/mol. The van der Waals surface area contributed by atoms with E-state index in [2.05, 4.69) is 33.4 Å². The second-order valence-corrected chi connectivity index (χ2v) is 7.51. The first-order valence-electron chi connectivity index (χ1n) is 8.88. The Hall–Kier alpha value is -2.57. The lowest BCUT2D eigenvalue weighted by atomic mass is 10.1. The van der Waals surface area contributed by atoms with Crippen molar-refractivity contribution in [1.82, 2.24) is 15.2 Å². The van der Waals surface area contributed by atoms with E-state index in [0.29, 0.717) is 28.6 Å². The van der Waals surface area contributed by atoms with E-state index in [9.17, 15) is 0 Å². The fourth-order valence-electron chi connectivity index (χ4n) is 2.84. The molecular weight excluding hydrogens is 394 g/mol. The van der Waals surface area contributed by atoms with Crippen LogP contribution in [-0.2, 0) is 5.75 Å². The first-order chi connectivity index (χ1) is 13.6. The summed E-state index contributed by atoms with van der Waals surface area (Å²) in [6, 6.07) is 15.8. The van der Waals surface area contributed by atoms with Crippen LogP contribution in [0.25, 0.3) is 22.4 Å². The summed E-state index contributed by atoms with van der Waals surface area (Å²) in [4.78, 5) is 4.50. The van der Waals surface area contributed by atoms with Gasteiger partial charge in [0.2, 0.25) is 0 Å². The van der Waals surface area contributed by atoms with E-state index in [4.69, 9.17) is 20.8 Å². The molecule has 7 heteroatoms. The van der Waals surface area contributed by atoms with Gasteiger partial charge in [-0.15, -0.1) is 10.2 Å². The number of halogens is 1. The molecule has 0 aliphatic carbocycles. The lowest BCUT2D eigenvalue weighted by Gasteiger charge is -2.06. The number of hydrogen-bond donors (Lipinski definition) is 0. The van der Waals surface area contributed by atoms with Gasteiger partial charge < -0.3 is 9.15 Å². The van der Waals surface area contributed by atoms with E-state index in [-0.39, 0.29) is 0 Å². The van der Waals surface area contributed by atoms with Crippen molar-refractivity contribution in [2.75, 3.05) is 6.61 Å². The third-order valence-electron chi connectivity index (χ3n) is 4.17. The second-order valence-electron chi connectivity index (χ2n) is 6.23. The van der Waals surface area contributed by atoms with E-state index in [1.807, 2.05) is 44.2 Å². The number of nitrogens with zero attached hydrogens (tertiary/aromatic N) is 3. The molecule has 2 aromatic heterocycles. The first kappa shape index (κ1) is 18.8. The third-order valence-corrected chi connectivity index (χ3v) is 5.37. The van der Waals surface area contributed by atoms with Gasteiger partial charge in [0.25, 0.3) is 11.1 Å². The van der Waals surface area contributed by atoms with Gasteiger partial charge >= 0.3 is 0 Å². The van der Waals surface area contributed by atoms with Crippen molar-refractivity contribution >= 4 is 34.3 Å². The van der Waals surface area contributed by atoms with Gasteiger partial charge in [0.15, 0.2) is 0 Å². The zero-order valence-corrected chi connectivity index (χ0v) is 17.0. The van der Waals surface area contributed by atoms with Gasteiger partial charge in [-0.25, -0.2) is 4.98 Å². The molecule has 0 spiro atoms. The molecule has 28 heavy (non-hydrogen) atoms. The van der Waals surface area contributed by atoms with Crippen molar-refractivity contribution in [3.63, 3.8) is 0 Å². The Morgan fingerprint density at radius 3 is 2.82 bits per heavy atom. The van der Waals surface area contributed by atoms with Crippen molar-refractivity contribution in [3.8, 4) is 17.2 Å². The standard InChI is InChI=1S/C21H18ClN3O2S/c1-3-26-18-7-5-4-6-16(18)20-24-25-21(27-20)28-12-15-11-14-9-8-13(2)10-17(14)23-19(15)22/h4-11H,3,12H2,1-2H3. The fraction of sp³-hybridized carbons (Fsp3) is 0.190. The molecule has 0 N–H and O–H groups in total. The van der Waals surface area contributed by atoms with Crippen LogP contribution in [-0.4, -0.2) is 21.8 Å². The lowest BCUT2D eigenvalue weighted by Crippen LogP contribution is -1.93. The summed E-state index contributed by atoms with van der Waals surface area (Å²) >= 11 is 7.80. The number of benzene rings is 2. The lowest BCUT2D eigenvalue weighted by molar-refractivity contribution is 0.340. The highest BCUT2D eigenvalue weighted by Crippen LogP contribution is 2.32. The Bertz CT molecular complexity index is 1130. The Balaban J connectivity index is 1.53. The number of pyridine rings is 1. The maximum Gasteiger partial charge on any atom is 0.277 e. The quantitative estimate of drug-likeness (QED) is 0.289. The van der Waals surface area contributed by atoms with Crippen LogP contribution in [0.15, 0.2) is 58.2 Å². The second kappa shape index (κ2) is 8.20. The van der Waals surface area contributed by atoms with Gasteiger partial charge in [-0.1, -0.05) is 47.6 Å². The highest BCUT2D eigenvalue weighted by molar-refractivity contribution is 7.98. The summed E-state index contributed by atoms with van der Waals surface area (Å²) in [6.45, 7) is 4.55. The molecular formula is C21H18ClN3O2S. The summed E-state index contributed by atoms with van der Waals surface area (Å²) in [7, 11) is 0. The van der Waals surface area contributed by atoms with Crippen LogP contribution in [0.4, 0.5) is 0 Å². The topological polar surface area (TPSA) is 61.0 Å². The van der Waals surface area contributed by atoms with Crippen molar-refractivity contribution in [1.29, 1.82) is 0 Å². The monoisotopic (exact) mass is 411 g/mol. The van der Waals surface area contributed by atoms with Gasteiger partial charge in [0, 0.05) is 16.7 Å². The van der Waals surface area contributed by atoms with Gasteiger partial charge in [-0.3, -0.25) is 0 Å². The summed E-state index contributed by atoms with van der Waals surface area (Å²) in [5.74, 6) is 1.75. The molecule has 0 amide bonds. The molecule has 2 heterocycles. The van der Waals surface area contributed by atoms with Crippen LogP contribution in [0.1, 0.15) is 18.1 Å². The predicted octanol–water partition coefficient (Wildman–Crippen LogP) is 5.94. The molecule has 0 aliphatic rings. The van der Waals surface area contributed by atoms with E-state index in [0.717, 1.165) is 33.3 Å². The van der Waals surface area contributed by atoms with Crippen LogP contribution in [0.2, 0.25) is 5.15 Å². The molecule has 5 nitrogen and oxygen atoms in total. The van der Waals surface area contributed by atoms with E-state index in [1.165, 1.54) is 11.8 Å². The normalized spacial score (nSPS) is 11.1. The summed E-state index contributed by atoms with van der Waals surface area (Å²) in [6.07, 6.45) is 0. The van der Waals surface area contributed by atoms with E-state index in [1.54, 1.807) is 0 Å². The van der Waals surface area contributed by atoms with E-state index >= 15 is 0 Å². The minimum Gasteiger partial charge on any atom is -0.493 e. The highest BCUT2D eigenvalue weighted by atomic mass is 35.5. The molecule has 0 saturated carbocycles. The van der Waals surface area contributed by atoms with Crippen LogP contribution in [0.3, 0.4) is 0 Å². The van der Waals surface area contributed by atoms with Gasteiger partial charge in [0.05, 0.1) is 17.7 Å². The van der Waals surface area contributed by atoms with Crippen molar-refractivity contribution in [2.45, 2.75) is 24.8 Å². The number of thioether (sulfide) groups is 1. The average Bonchev–Trinajstić information content (AvgIpc) is 3.16. The maximum absolute atomic E-state index is 6.37. The minimum atomic E-state index is 0.435.